The molecule has 1 fully saturated rings. The molecule has 4 heteroatoms. The van der Waals surface area contributed by atoms with Gasteiger partial charge in [-0.15, -0.1) is 0 Å². The first-order valence-electron chi connectivity index (χ1n) is 24.7. The number of hydrogen-bond donors (Lipinski definition) is 0. The van der Waals surface area contributed by atoms with Crippen LogP contribution >= 0.6 is 0 Å². The topological polar surface area (TPSA) is 18.0 Å². The van der Waals surface area contributed by atoms with Gasteiger partial charge in [0.05, 0.1) is 22.6 Å². The molecule has 3 aromatic heterocycles. The Bertz CT molecular complexity index is 3260. The molecule has 0 bridgehead atoms. The molecule has 1 aliphatic heterocycles. The van der Waals surface area contributed by atoms with Crippen molar-refractivity contribution in [2.24, 2.45) is 11.8 Å². The average molecular weight is 833 g/mol. The summed E-state index contributed by atoms with van der Waals surface area (Å²) in [6.07, 6.45) is 40.4. The first-order valence-corrected chi connectivity index (χ1v) is 24.7. The van der Waals surface area contributed by atoms with E-state index in [1.165, 1.54) is 117 Å². The third kappa shape index (κ3) is 5.53. The van der Waals surface area contributed by atoms with E-state index in [0.29, 0.717) is 29.8 Å². The molecule has 0 N–H and O–H groups in total. The monoisotopic (exact) mass is 832 g/mol. The van der Waals surface area contributed by atoms with E-state index in [4.69, 9.17) is 0 Å². The fourth-order valence-corrected chi connectivity index (χ4v) is 13.8. The molecule has 7 aromatic rings. The third-order valence-electron chi connectivity index (χ3n) is 16.6. The van der Waals surface area contributed by atoms with Crippen LogP contribution in [0.3, 0.4) is 0 Å². The SMILES string of the molecule is C1=Cc2c(c3c(n2C2C=CC(C4C=CC(n5c6ccccc6c6ccc(N7c8ccccc8C8CCCCC87)cc65)=CC4)CC2)C=C(n2c4c(c5ccccc52)C=CCC4)CC3)CC1. The standard InChI is InChI=1S/C60H56N4/c1-9-21-55-45(13-1)46-14-2-10-22-56(46)63(55)43-33-35-51-49-17-5-7-19-53(49)61(59(51)37-43)41-29-25-39(26-30-41)40-27-31-42(32-28-40)62-54-20-8-6-18-50(54)52-36-34-44(38-60(52)62)64-57-23-11-3-15-47(57)48-16-4-12-24-58(48)64/h1-3,6-9,11,13-15,18-21,23,25,27,29,31-32,34,36-41,48,58H,4-5,10,12,16-17,22,24,26,28,30,33,35H2. The Morgan fingerprint density at radius 2 is 1.36 bits per heavy atom. The Morgan fingerprint density at radius 3 is 2.25 bits per heavy atom. The first-order chi connectivity index (χ1) is 31.8. The van der Waals surface area contributed by atoms with Crippen LogP contribution in [-0.4, -0.2) is 19.7 Å². The largest absolute Gasteiger partial charge is 0.337 e. The summed E-state index contributed by atoms with van der Waals surface area (Å²) < 4.78 is 7.96. The molecule has 4 heterocycles. The summed E-state index contributed by atoms with van der Waals surface area (Å²) in [6, 6.07) is 35.6. The number of allylic oxidation sites excluding steroid dienone is 9. The van der Waals surface area contributed by atoms with Gasteiger partial charge in [-0.3, -0.25) is 0 Å². The quantitative estimate of drug-likeness (QED) is 0.158. The summed E-state index contributed by atoms with van der Waals surface area (Å²) in [5.41, 5.74) is 20.1. The number of nitrogens with zero attached hydrogens (tertiary/aromatic N) is 4. The van der Waals surface area contributed by atoms with Crippen molar-refractivity contribution in [1.82, 2.24) is 13.7 Å². The number of hydrogen-bond acceptors (Lipinski definition) is 1. The highest BCUT2D eigenvalue weighted by Gasteiger charge is 2.40. The summed E-state index contributed by atoms with van der Waals surface area (Å²) in [6.45, 7) is 0. The Kier molecular flexibility index (Phi) is 8.50. The second-order valence-electron chi connectivity index (χ2n) is 19.9. The average Bonchev–Trinajstić information content (AvgIpc) is 4.09. The van der Waals surface area contributed by atoms with Crippen molar-refractivity contribution in [3.05, 3.63) is 173 Å². The number of anilines is 2. The Balaban J connectivity index is 0.772. The fourth-order valence-electron chi connectivity index (χ4n) is 13.8. The van der Waals surface area contributed by atoms with Crippen LogP contribution in [0.15, 0.2) is 134 Å². The normalized spacial score (nSPS) is 24.4. The van der Waals surface area contributed by atoms with Crippen molar-refractivity contribution in [3.8, 4) is 0 Å². The molecule has 7 aliphatic rings. The van der Waals surface area contributed by atoms with Crippen LogP contribution in [0, 0.1) is 11.8 Å². The van der Waals surface area contributed by atoms with E-state index in [-0.39, 0.29) is 0 Å². The van der Waals surface area contributed by atoms with E-state index in [2.05, 4.69) is 170 Å². The summed E-state index contributed by atoms with van der Waals surface area (Å²) in [5, 5.41) is 4.07. The minimum absolute atomic E-state index is 0.377. The maximum Gasteiger partial charge on any atom is 0.0561 e. The lowest BCUT2D eigenvalue weighted by Crippen LogP contribution is -2.32. The van der Waals surface area contributed by atoms with Crippen molar-refractivity contribution in [1.29, 1.82) is 0 Å². The van der Waals surface area contributed by atoms with E-state index in [1.54, 1.807) is 16.7 Å². The zero-order chi connectivity index (χ0) is 41.9. The minimum atomic E-state index is 0.377. The van der Waals surface area contributed by atoms with Gasteiger partial charge in [0.1, 0.15) is 0 Å². The number of rotatable bonds is 5. The lowest BCUT2D eigenvalue weighted by molar-refractivity contribution is 0.377. The molecule has 0 spiro atoms. The molecule has 0 amide bonds. The van der Waals surface area contributed by atoms with Gasteiger partial charge in [0.2, 0.25) is 0 Å². The van der Waals surface area contributed by atoms with Crippen LogP contribution in [0.4, 0.5) is 11.4 Å². The third-order valence-corrected chi connectivity index (χ3v) is 16.6. The fraction of sp³-hybridized carbons (Fsp3) is 0.300. The lowest BCUT2D eigenvalue weighted by atomic mass is 9.79. The molecule has 316 valence electrons. The van der Waals surface area contributed by atoms with E-state index in [0.717, 1.165) is 44.9 Å². The molecular formula is C60H56N4. The zero-order valence-electron chi connectivity index (χ0n) is 36.8. The summed E-state index contributed by atoms with van der Waals surface area (Å²) in [4.78, 5) is 2.70. The van der Waals surface area contributed by atoms with Gasteiger partial charge < -0.3 is 18.6 Å². The summed E-state index contributed by atoms with van der Waals surface area (Å²) in [7, 11) is 0. The van der Waals surface area contributed by atoms with Gasteiger partial charge >= 0.3 is 0 Å². The minimum Gasteiger partial charge on any atom is -0.337 e. The van der Waals surface area contributed by atoms with Gasteiger partial charge in [-0.1, -0.05) is 116 Å². The van der Waals surface area contributed by atoms with E-state index < -0.39 is 0 Å². The summed E-state index contributed by atoms with van der Waals surface area (Å²) >= 11 is 0. The highest BCUT2D eigenvalue weighted by Crippen LogP contribution is 2.52. The molecule has 0 saturated heterocycles. The van der Waals surface area contributed by atoms with Crippen LogP contribution in [0.25, 0.3) is 62.3 Å². The van der Waals surface area contributed by atoms with Crippen LogP contribution in [0.5, 0.6) is 0 Å². The van der Waals surface area contributed by atoms with Gasteiger partial charge in [-0.05, 0) is 148 Å². The molecule has 4 nitrogen and oxygen atoms in total. The Hall–Kier alpha value is -6.26. The van der Waals surface area contributed by atoms with E-state index >= 15 is 0 Å². The maximum atomic E-state index is 2.75. The molecule has 0 radical (unpaired) electrons. The van der Waals surface area contributed by atoms with Crippen molar-refractivity contribution in [2.45, 2.75) is 101 Å². The van der Waals surface area contributed by atoms with Crippen molar-refractivity contribution in [2.75, 3.05) is 4.90 Å². The molecule has 4 aromatic carbocycles. The maximum absolute atomic E-state index is 2.75. The highest BCUT2D eigenvalue weighted by atomic mass is 15.2. The predicted octanol–water partition coefficient (Wildman–Crippen LogP) is 15.2. The number of benzene rings is 4. The Morgan fingerprint density at radius 1 is 0.562 bits per heavy atom. The number of para-hydroxylation sites is 3. The second kappa shape index (κ2) is 14.6. The van der Waals surface area contributed by atoms with Crippen LogP contribution in [0.2, 0.25) is 0 Å². The molecule has 14 rings (SSSR count). The first kappa shape index (κ1) is 37.1. The molecule has 1 saturated carbocycles. The van der Waals surface area contributed by atoms with Crippen LogP contribution in [-0.2, 0) is 19.3 Å². The van der Waals surface area contributed by atoms with Crippen molar-refractivity contribution >= 4 is 73.7 Å². The Labute approximate surface area is 376 Å². The van der Waals surface area contributed by atoms with Crippen molar-refractivity contribution in [3.63, 3.8) is 0 Å². The van der Waals surface area contributed by atoms with Gasteiger partial charge in [0.25, 0.3) is 0 Å². The molecule has 5 atom stereocenters. The van der Waals surface area contributed by atoms with E-state index in [9.17, 15) is 0 Å². The molecule has 6 aliphatic carbocycles. The number of fused-ring (bicyclic) bond motifs is 12. The van der Waals surface area contributed by atoms with Gasteiger partial charge in [-0.2, -0.15) is 0 Å². The van der Waals surface area contributed by atoms with Gasteiger partial charge in [-0.25, -0.2) is 0 Å². The van der Waals surface area contributed by atoms with Crippen LogP contribution in [0.1, 0.15) is 116 Å². The smallest absolute Gasteiger partial charge is 0.0561 e. The molecular weight excluding hydrogens is 777 g/mol. The molecule has 64 heavy (non-hydrogen) atoms. The van der Waals surface area contributed by atoms with Gasteiger partial charge in [0.15, 0.2) is 0 Å². The number of aromatic nitrogens is 3. The van der Waals surface area contributed by atoms with Crippen molar-refractivity contribution < 1.29 is 0 Å². The molecule has 5 unspecified atom stereocenters. The lowest BCUT2D eigenvalue weighted by Gasteiger charge is -2.33. The highest BCUT2D eigenvalue weighted by molar-refractivity contribution is 6.11. The summed E-state index contributed by atoms with van der Waals surface area (Å²) in [5.74, 6) is 1.69. The van der Waals surface area contributed by atoms with Crippen LogP contribution < -0.4 is 4.90 Å². The second-order valence-corrected chi connectivity index (χ2v) is 19.9. The predicted molar refractivity (Wildman–Crippen MR) is 269 cm³/mol. The van der Waals surface area contributed by atoms with E-state index in [1.807, 2.05) is 0 Å². The van der Waals surface area contributed by atoms with Gasteiger partial charge in [0, 0.05) is 73.5 Å². The zero-order valence-corrected chi connectivity index (χ0v) is 36.8.